The predicted octanol–water partition coefficient (Wildman–Crippen LogP) is 3.03. The first kappa shape index (κ1) is 12.1. The van der Waals surface area contributed by atoms with Gasteiger partial charge < -0.3 is 11.1 Å². The highest BCUT2D eigenvalue weighted by Crippen LogP contribution is 2.27. The van der Waals surface area contributed by atoms with Crippen molar-refractivity contribution in [3.8, 4) is 11.1 Å². The first-order valence-electron chi connectivity index (χ1n) is 5.49. The summed E-state index contributed by atoms with van der Waals surface area (Å²) in [5.74, 6) is -0.497. The molecule has 0 saturated heterocycles. The van der Waals surface area contributed by atoms with E-state index in [1.54, 1.807) is 30.3 Å². The Bertz CT molecular complexity index is 596. The summed E-state index contributed by atoms with van der Waals surface area (Å²) in [5.41, 5.74) is 8.30. The van der Waals surface area contributed by atoms with Crippen molar-refractivity contribution in [2.45, 2.75) is 6.92 Å². The number of nitrogens with one attached hydrogen (secondary N) is 1. The van der Waals surface area contributed by atoms with Crippen molar-refractivity contribution in [1.29, 1.82) is 0 Å². The Labute approximate surface area is 104 Å². The van der Waals surface area contributed by atoms with Crippen LogP contribution in [0.4, 0.5) is 15.8 Å². The topological polar surface area (TPSA) is 55.1 Å². The van der Waals surface area contributed by atoms with Gasteiger partial charge in [0.05, 0.1) is 11.4 Å². The van der Waals surface area contributed by atoms with Gasteiger partial charge in [-0.25, -0.2) is 4.39 Å². The molecule has 92 valence electrons. The van der Waals surface area contributed by atoms with Crippen LogP contribution in [0, 0.1) is 5.82 Å². The van der Waals surface area contributed by atoms with Crippen LogP contribution in [0.3, 0.4) is 0 Å². The van der Waals surface area contributed by atoms with E-state index in [4.69, 9.17) is 5.73 Å². The fraction of sp³-hybridized carbons (Fsp3) is 0.0714. The number of hydrogen-bond donors (Lipinski definition) is 2. The SMILES string of the molecule is CC(=O)Nc1cc(-c2cccc(F)c2)ccc1N. The van der Waals surface area contributed by atoms with E-state index in [2.05, 4.69) is 5.32 Å². The fourth-order valence-electron chi connectivity index (χ4n) is 1.70. The van der Waals surface area contributed by atoms with Gasteiger partial charge in [-0.15, -0.1) is 0 Å². The zero-order valence-electron chi connectivity index (χ0n) is 9.91. The molecular weight excluding hydrogens is 231 g/mol. The van der Waals surface area contributed by atoms with Crippen molar-refractivity contribution >= 4 is 17.3 Å². The van der Waals surface area contributed by atoms with E-state index in [1.165, 1.54) is 19.1 Å². The average molecular weight is 244 g/mol. The Balaban J connectivity index is 2.43. The van der Waals surface area contributed by atoms with Crippen LogP contribution in [0.1, 0.15) is 6.92 Å². The van der Waals surface area contributed by atoms with Crippen molar-refractivity contribution in [3.05, 3.63) is 48.3 Å². The van der Waals surface area contributed by atoms with Gasteiger partial charge in [-0.05, 0) is 35.4 Å². The summed E-state index contributed by atoms with van der Waals surface area (Å²) in [7, 11) is 0. The molecule has 0 aliphatic carbocycles. The van der Waals surface area contributed by atoms with Crippen LogP contribution >= 0.6 is 0 Å². The summed E-state index contributed by atoms with van der Waals surface area (Å²) in [6, 6.07) is 11.5. The lowest BCUT2D eigenvalue weighted by molar-refractivity contribution is -0.114. The van der Waals surface area contributed by atoms with Gasteiger partial charge in [-0.3, -0.25) is 4.79 Å². The fourth-order valence-corrected chi connectivity index (χ4v) is 1.70. The minimum atomic E-state index is -0.301. The van der Waals surface area contributed by atoms with Gasteiger partial charge in [-0.1, -0.05) is 18.2 Å². The van der Waals surface area contributed by atoms with Crippen LogP contribution in [-0.4, -0.2) is 5.91 Å². The van der Waals surface area contributed by atoms with E-state index < -0.39 is 0 Å². The summed E-state index contributed by atoms with van der Waals surface area (Å²) in [5, 5.41) is 2.64. The highest BCUT2D eigenvalue weighted by Gasteiger charge is 2.05. The maximum absolute atomic E-state index is 13.1. The summed E-state index contributed by atoms with van der Waals surface area (Å²) in [6.07, 6.45) is 0. The number of anilines is 2. The first-order chi connectivity index (χ1) is 8.56. The molecule has 0 fully saturated rings. The van der Waals surface area contributed by atoms with Gasteiger partial charge in [0.15, 0.2) is 0 Å². The largest absolute Gasteiger partial charge is 0.397 e. The Morgan fingerprint density at radius 2 is 1.89 bits per heavy atom. The van der Waals surface area contributed by atoms with Crippen molar-refractivity contribution in [2.75, 3.05) is 11.1 Å². The van der Waals surface area contributed by atoms with E-state index in [0.717, 1.165) is 11.1 Å². The van der Waals surface area contributed by atoms with Crippen LogP contribution in [-0.2, 0) is 4.79 Å². The third-order valence-electron chi connectivity index (χ3n) is 2.52. The predicted molar refractivity (Wildman–Crippen MR) is 70.6 cm³/mol. The number of nitrogen functional groups attached to an aromatic ring is 1. The average Bonchev–Trinajstić information content (AvgIpc) is 2.31. The van der Waals surface area contributed by atoms with Crippen molar-refractivity contribution in [2.24, 2.45) is 0 Å². The molecule has 3 nitrogen and oxygen atoms in total. The van der Waals surface area contributed by atoms with Crippen LogP contribution in [0.5, 0.6) is 0 Å². The maximum atomic E-state index is 13.1. The van der Waals surface area contributed by atoms with E-state index in [9.17, 15) is 9.18 Å². The Morgan fingerprint density at radius 3 is 2.56 bits per heavy atom. The van der Waals surface area contributed by atoms with Gasteiger partial charge in [0, 0.05) is 6.92 Å². The Kier molecular flexibility index (Phi) is 3.28. The number of carbonyl (C=O) groups is 1. The zero-order chi connectivity index (χ0) is 13.1. The summed E-state index contributed by atoms with van der Waals surface area (Å²) < 4.78 is 13.1. The Morgan fingerprint density at radius 1 is 1.17 bits per heavy atom. The lowest BCUT2D eigenvalue weighted by Crippen LogP contribution is -2.08. The second kappa shape index (κ2) is 4.87. The number of hydrogen-bond acceptors (Lipinski definition) is 2. The highest BCUT2D eigenvalue weighted by molar-refractivity contribution is 5.93. The molecule has 0 aliphatic rings. The molecule has 2 rings (SSSR count). The van der Waals surface area contributed by atoms with Crippen LogP contribution in [0.2, 0.25) is 0 Å². The van der Waals surface area contributed by atoms with Crippen molar-refractivity contribution in [3.63, 3.8) is 0 Å². The molecule has 0 atom stereocenters. The lowest BCUT2D eigenvalue weighted by Gasteiger charge is -2.09. The normalized spacial score (nSPS) is 10.1. The maximum Gasteiger partial charge on any atom is 0.221 e. The standard InChI is InChI=1S/C14H13FN2O/c1-9(18)17-14-8-11(5-6-13(14)16)10-3-2-4-12(15)7-10/h2-8H,16H2,1H3,(H,17,18). The molecule has 18 heavy (non-hydrogen) atoms. The smallest absolute Gasteiger partial charge is 0.221 e. The molecule has 0 saturated carbocycles. The molecule has 0 bridgehead atoms. The van der Waals surface area contributed by atoms with Crippen molar-refractivity contribution < 1.29 is 9.18 Å². The van der Waals surface area contributed by atoms with Gasteiger partial charge in [-0.2, -0.15) is 0 Å². The number of amides is 1. The highest BCUT2D eigenvalue weighted by atomic mass is 19.1. The number of benzene rings is 2. The molecule has 3 N–H and O–H groups in total. The van der Waals surface area contributed by atoms with E-state index in [1.807, 2.05) is 0 Å². The van der Waals surface area contributed by atoms with Crippen LogP contribution in [0.15, 0.2) is 42.5 Å². The van der Waals surface area contributed by atoms with Gasteiger partial charge in [0.2, 0.25) is 5.91 Å². The monoisotopic (exact) mass is 244 g/mol. The molecular formula is C14H13FN2O. The minimum absolute atomic E-state index is 0.196. The van der Waals surface area contributed by atoms with Gasteiger partial charge in [0.1, 0.15) is 5.82 Å². The molecule has 0 heterocycles. The number of halogens is 1. The first-order valence-corrected chi connectivity index (χ1v) is 5.49. The summed E-state index contributed by atoms with van der Waals surface area (Å²) in [4.78, 5) is 11.0. The molecule has 0 aliphatic heterocycles. The number of nitrogens with two attached hydrogens (primary N) is 1. The minimum Gasteiger partial charge on any atom is -0.397 e. The third-order valence-corrected chi connectivity index (χ3v) is 2.52. The summed E-state index contributed by atoms with van der Waals surface area (Å²) in [6.45, 7) is 1.41. The molecule has 0 spiro atoms. The van der Waals surface area contributed by atoms with E-state index in [0.29, 0.717) is 11.4 Å². The zero-order valence-corrected chi connectivity index (χ0v) is 9.91. The molecule has 4 heteroatoms. The molecule has 0 unspecified atom stereocenters. The van der Waals surface area contributed by atoms with Crippen molar-refractivity contribution in [1.82, 2.24) is 0 Å². The lowest BCUT2D eigenvalue weighted by atomic mass is 10.0. The molecule has 2 aromatic carbocycles. The number of rotatable bonds is 2. The summed E-state index contributed by atoms with van der Waals surface area (Å²) >= 11 is 0. The number of carbonyl (C=O) groups excluding carboxylic acids is 1. The quantitative estimate of drug-likeness (QED) is 0.798. The van der Waals surface area contributed by atoms with Gasteiger partial charge >= 0.3 is 0 Å². The van der Waals surface area contributed by atoms with Crippen LogP contribution < -0.4 is 11.1 Å². The van der Waals surface area contributed by atoms with E-state index >= 15 is 0 Å². The second-order valence-corrected chi connectivity index (χ2v) is 3.99. The van der Waals surface area contributed by atoms with E-state index in [-0.39, 0.29) is 11.7 Å². The molecule has 1 amide bonds. The van der Waals surface area contributed by atoms with Gasteiger partial charge in [0.25, 0.3) is 0 Å². The Hall–Kier alpha value is -2.36. The third kappa shape index (κ3) is 2.66. The molecule has 2 aromatic rings. The molecule has 0 aromatic heterocycles. The second-order valence-electron chi connectivity index (χ2n) is 3.99. The van der Waals surface area contributed by atoms with Crippen LogP contribution in [0.25, 0.3) is 11.1 Å². The molecule has 0 radical (unpaired) electrons.